The van der Waals surface area contributed by atoms with Gasteiger partial charge in [-0.05, 0) is 29.8 Å². The van der Waals surface area contributed by atoms with Gasteiger partial charge < -0.3 is 33.5 Å². The Morgan fingerprint density at radius 1 is 0.805 bits per heavy atom. The van der Waals surface area contributed by atoms with Crippen LogP contribution in [0.5, 0.6) is 11.5 Å². The number of rotatable bonds is 10. The molecule has 2 aromatic rings. The molecule has 1 aliphatic rings. The summed E-state index contributed by atoms with van der Waals surface area (Å²) in [6.07, 6.45) is -7.13. The van der Waals surface area contributed by atoms with Gasteiger partial charge in [-0.15, -0.1) is 0 Å². The van der Waals surface area contributed by atoms with E-state index >= 15 is 0 Å². The molecule has 220 valence electrons. The van der Waals surface area contributed by atoms with Crippen molar-refractivity contribution >= 4 is 29.7 Å². The van der Waals surface area contributed by atoms with Crippen LogP contribution in [0, 0.1) is 5.82 Å². The molecular formula is C28H29FO12. The lowest BCUT2D eigenvalue weighted by Gasteiger charge is -2.43. The fourth-order valence-electron chi connectivity index (χ4n) is 4.12. The van der Waals surface area contributed by atoms with Crippen LogP contribution in [0.15, 0.2) is 42.5 Å². The van der Waals surface area contributed by atoms with Gasteiger partial charge >= 0.3 is 23.9 Å². The third kappa shape index (κ3) is 8.73. The van der Waals surface area contributed by atoms with Crippen LogP contribution in [-0.2, 0) is 49.3 Å². The molecule has 1 aliphatic heterocycles. The minimum Gasteiger partial charge on any atom is -0.507 e. The minimum atomic E-state index is -1.52. The number of hydrogen-bond donors (Lipinski definition) is 1. The first-order valence-electron chi connectivity index (χ1n) is 12.4. The molecule has 0 radical (unpaired) electrons. The normalized spacial score (nSPS) is 21.7. The Kier molecular flexibility index (Phi) is 10.4. The topological polar surface area (TPSA) is 161 Å². The maximum absolute atomic E-state index is 13.2. The fourth-order valence-corrected chi connectivity index (χ4v) is 4.12. The van der Waals surface area contributed by atoms with Crippen LogP contribution < -0.4 is 4.74 Å². The van der Waals surface area contributed by atoms with Crippen molar-refractivity contribution in [2.24, 2.45) is 0 Å². The van der Waals surface area contributed by atoms with Crippen molar-refractivity contribution in [1.29, 1.82) is 0 Å². The van der Waals surface area contributed by atoms with Gasteiger partial charge in [0.15, 0.2) is 18.0 Å². The summed E-state index contributed by atoms with van der Waals surface area (Å²) in [6.45, 7) is 3.96. The number of aromatic hydroxyl groups is 1. The Morgan fingerprint density at radius 2 is 1.39 bits per heavy atom. The average molecular weight is 577 g/mol. The summed E-state index contributed by atoms with van der Waals surface area (Å²) in [5.41, 5.74) is 0.497. The quantitative estimate of drug-likeness (QED) is 0.250. The van der Waals surface area contributed by atoms with Crippen molar-refractivity contribution in [1.82, 2.24) is 0 Å². The van der Waals surface area contributed by atoms with E-state index in [-0.39, 0.29) is 17.7 Å². The fraction of sp³-hybridized carbons (Fsp3) is 0.393. The lowest BCUT2D eigenvalue weighted by Crippen LogP contribution is -2.63. The number of benzene rings is 2. The summed E-state index contributed by atoms with van der Waals surface area (Å²) in [5, 5.41) is 10.6. The van der Waals surface area contributed by atoms with Crippen molar-refractivity contribution in [3.63, 3.8) is 0 Å². The van der Waals surface area contributed by atoms with Gasteiger partial charge in [0.05, 0.1) is 5.56 Å². The van der Waals surface area contributed by atoms with Gasteiger partial charge in [-0.1, -0.05) is 12.1 Å². The van der Waals surface area contributed by atoms with E-state index < -0.39 is 78.5 Å². The van der Waals surface area contributed by atoms with Gasteiger partial charge in [0.25, 0.3) is 0 Å². The summed E-state index contributed by atoms with van der Waals surface area (Å²) in [4.78, 5) is 60.0. The predicted molar refractivity (Wildman–Crippen MR) is 135 cm³/mol. The summed E-state index contributed by atoms with van der Waals surface area (Å²) >= 11 is 0. The summed E-state index contributed by atoms with van der Waals surface area (Å²) in [6, 6.07) is 9.08. The molecule has 2 aromatic carbocycles. The van der Waals surface area contributed by atoms with Gasteiger partial charge in [0.1, 0.15) is 30.0 Å². The van der Waals surface area contributed by atoms with Gasteiger partial charge in [-0.3, -0.25) is 24.0 Å². The highest BCUT2D eigenvalue weighted by Gasteiger charge is 2.53. The second kappa shape index (κ2) is 13.7. The molecule has 1 saturated heterocycles. The number of halogens is 1. The third-order valence-corrected chi connectivity index (χ3v) is 5.75. The molecule has 0 saturated carbocycles. The van der Waals surface area contributed by atoms with E-state index in [9.17, 15) is 33.5 Å². The van der Waals surface area contributed by atoms with E-state index in [0.717, 1.165) is 33.8 Å². The first-order valence-corrected chi connectivity index (χ1v) is 12.4. The molecule has 0 aromatic heterocycles. The summed E-state index contributed by atoms with van der Waals surface area (Å²) < 4.78 is 45.9. The zero-order chi connectivity index (χ0) is 30.3. The van der Waals surface area contributed by atoms with E-state index in [1.165, 1.54) is 36.4 Å². The SMILES string of the molecule is CC(=O)OC[C@@H]1O[C@@H](Oc2ccc(C(=O)Cc3ccc(F)cc3)c(O)c2)[C@@H](OC(C)=O)[C@H](OC(C)=O)[C@H]1OC(C)=O. The number of esters is 4. The lowest BCUT2D eigenvalue weighted by atomic mass is 9.98. The molecule has 3 rings (SSSR count). The number of Topliss-reactive ketones (excluding diaryl/α,β-unsaturated/α-hetero) is 1. The molecule has 1 heterocycles. The Morgan fingerprint density at radius 3 is 1.95 bits per heavy atom. The monoisotopic (exact) mass is 576 g/mol. The molecule has 0 bridgehead atoms. The summed E-state index contributed by atoms with van der Waals surface area (Å²) in [5.74, 6) is -4.46. The van der Waals surface area contributed by atoms with Gasteiger partial charge in [-0.25, -0.2) is 4.39 Å². The van der Waals surface area contributed by atoms with Crippen molar-refractivity contribution in [2.45, 2.75) is 64.8 Å². The number of phenols is 1. The van der Waals surface area contributed by atoms with Crippen LogP contribution in [0.1, 0.15) is 43.6 Å². The van der Waals surface area contributed by atoms with Crippen molar-refractivity contribution in [2.75, 3.05) is 6.61 Å². The van der Waals surface area contributed by atoms with Crippen LogP contribution >= 0.6 is 0 Å². The third-order valence-electron chi connectivity index (χ3n) is 5.75. The van der Waals surface area contributed by atoms with Crippen molar-refractivity contribution < 1.29 is 61.9 Å². The second-order valence-corrected chi connectivity index (χ2v) is 9.09. The lowest BCUT2D eigenvalue weighted by molar-refractivity contribution is -0.288. The number of carbonyl (C=O) groups is 5. The Hall–Kier alpha value is -4.52. The minimum absolute atomic E-state index is 0.0387. The molecule has 0 spiro atoms. The van der Waals surface area contributed by atoms with Crippen molar-refractivity contribution in [3.8, 4) is 11.5 Å². The Labute approximate surface area is 234 Å². The maximum atomic E-state index is 13.2. The molecule has 41 heavy (non-hydrogen) atoms. The first-order chi connectivity index (χ1) is 19.3. The highest BCUT2D eigenvalue weighted by atomic mass is 19.1. The zero-order valence-corrected chi connectivity index (χ0v) is 22.7. The molecule has 0 amide bonds. The number of ketones is 1. The molecule has 0 aliphatic carbocycles. The largest absolute Gasteiger partial charge is 0.507 e. The molecule has 0 unspecified atom stereocenters. The molecular weight excluding hydrogens is 547 g/mol. The van der Waals surface area contributed by atoms with Gasteiger partial charge in [-0.2, -0.15) is 0 Å². The smallest absolute Gasteiger partial charge is 0.303 e. The highest BCUT2D eigenvalue weighted by Crippen LogP contribution is 2.33. The summed E-state index contributed by atoms with van der Waals surface area (Å²) in [7, 11) is 0. The van der Waals surface area contributed by atoms with Crippen LogP contribution in [0.25, 0.3) is 0 Å². The van der Waals surface area contributed by atoms with E-state index in [0.29, 0.717) is 5.56 Å². The molecule has 13 heteroatoms. The van der Waals surface area contributed by atoms with Gasteiger partial charge in [0.2, 0.25) is 12.4 Å². The van der Waals surface area contributed by atoms with Crippen molar-refractivity contribution in [3.05, 3.63) is 59.4 Å². The predicted octanol–water partition coefficient (Wildman–Crippen LogP) is 2.42. The maximum Gasteiger partial charge on any atom is 0.303 e. The van der Waals surface area contributed by atoms with Crippen LogP contribution in [0.2, 0.25) is 0 Å². The number of hydrogen-bond acceptors (Lipinski definition) is 12. The second-order valence-electron chi connectivity index (χ2n) is 9.09. The van der Waals surface area contributed by atoms with Crippen LogP contribution in [-0.4, -0.2) is 72.1 Å². The van der Waals surface area contributed by atoms with E-state index in [1.54, 1.807) is 0 Å². The van der Waals surface area contributed by atoms with E-state index in [4.69, 9.17) is 28.4 Å². The van der Waals surface area contributed by atoms with Crippen LogP contribution in [0.4, 0.5) is 4.39 Å². The standard InChI is InChI=1S/C28H29FO12/c1-14(30)36-13-24-25(37-15(2)31)26(38-16(3)32)27(39-17(4)33)28(41-24)40-20-9-10-21(23(35)12-20)22(34)11-18-5-7-19(29)8-6-18/h5-10,12,24-28,35H,11,13H2,1-4H3/t24-,25-,26+,27-,28+/m0/s1. The zero-order valence-electron chi connectivity index (χ0n) is 22.7. The van der Waals surface area contributed by atoms with Gasteiger partial charge in [0, 0.05) is 40.2 Å². The molecule has 5 atom stereocenters. The number of carbonyl (C=O) groups excluding carboxylic acids is 5. The molecule has 1 fully saturated rings. The highest BCUT2D eigenvalue weighted by molar-refractivity contribution is 6.00. The van der Waals surface area contributed by atoms with E-state index in [2.05, 4.69) is 0 Å². The Balaban J connectivity index is 1.90. The molecule has 12 nitrogen and oxygen atoms in total. The Bertz CT molecular complexity index is 1290. The number of ether oxygens (including phenoxy) is 6. The number of phenolic OH excluding ortho intramolecular Hbond substituents is 1. The molecule has 1 N–H and O–H groups in total. The first kappa shape index (κ1) is 31.0. The van der Waals surface area contributed by atoms with Crippen LogP contribution in [0.3, 0.4) is 0 Å². The van der Waals surface area contributed by atoms with E-state index in [1.807, 2.05) is 0 Å². The average Bonchev–Trinajstić information content (AvgIpc) is 2.87.